The maximum atomic E-state index is 5.88. The maximum Gasteiger partial charge on any atom is 0.00474 e. The summed E-state index contributed by atoms with van der Waals surface area (Å²) in [4.78, 5) is 2.60. The Morgan fingerprint density at radius 1 is 1.21 bits per heavy atom. The largest absolute Gasteiger partial charge is 0.330 e. The molecule has 1 heterocycles. The first-order valence-electron chi connectivity index (χ1n) is 6.12. The Hall–Kier alpha value is -0.0800. The van der Waals surface area contributed by atoms with Crippen molar-refractivity contribution in [3.05, 3.63) is 0 Å². The van der Waals surface area contributed by atoms with Crippen molar-refractivity contribution in [3.63, 3.8) is 0 Å². The van der Waals surface area contributed by atoms with Crippen LogP contribution in [-0.2, 0) is 0 Å². The van der Waals surface area contributed by atoms with E-state index >= 15 is 0 Å². The highest BCUT2D eigenvalue weighted by molar-refractivity contribution is 4.80. The highest BCUT2D eigenvalue weighted by Crippen LogP contribution is 2.24. The third kappa shape index (κ3) is 3.58. The van der Waals surface area contributed by atoms with E-state index in [2.05, 4.69) is 18.7 Å². The van der Waals surface area contributed by atoms with Crippen molar-refractivity contribution >= 4 is 0 Å². The van der Waals surface area contributed by atoms with Gasteiger partial charge in [-0.05, 0) is 44.3 Å². The SMILES string of the molecule is CCCC(C)(CN)CN1CCCCC1. The van der Waals surface area contributed by atoms with E-state index in [-0.39, 0.29) is 0 Å². The molecule has 1 aliphatic heterocycles. The fraction of sp³-hybridized carbons (Fsp3) is 1.00. The molecule has 0 aliphatic carbocycles. The molecule has 2 heteroatoms. The molecule has 0 aromatic rings. The molecule has 0 aromatic heterocycles. The predicted octanol–water partition coefficient (Wildman–Crippen LogP) is 2.24. The second kappa shape index (κ2) is 5.72. The highest BCUT2D eigenvalue weighted by atomic mass is 15.1. The van der Waals surface area contributed by atoms with Crippen LogP contribution in [0.1, 0.15) is 46.0 Å². The average molecular weight is 198 g/mol. The van der Waals surface area contributed by atoms with Gasteiger partial charge in [0.25, 0.3) is 0 Å². The molecule has 2 nitrogen and oxygen atoms in total. The third-order valence-corrected chi connectivity index (χ3v) is 3.40. The molecule has 0 radical (unpaired) electrons. The number of piperidine rings is 1. The Morgan fingerprint density at radius 3 is 2.36 bits per heavy atom. The fourth-order valence-corrected chi connectivity index (χ4v) is 2.51. The topological polar surface area (TPSA) is 29.3 Å². The summed E-state index contributed by atoms with van der Waals surface area (Å²) in [6, 6.07) is 0. The summed E-state index contributed by atoms with van der Waals surface area (Å²) < 4.78 is 0. The smallest absolute Gasteiger partial charge is 0.00474 e. The van der Waals surface area contributed by atoms with Crippen molar-refractivity contribution in [2.45, 2.75) is 46.0 Å². The van der Waals surface area contributed by atoms with E-state index in [9.17, 15) is 0 Å². The average Bonchev–Trinajstić information content (AvgIpc) is 2.20. The van der Waals surface area contributed by atoms with E-state index in [0.717, 1.165) is 6.54 Å². The predicted molar refractivity (Wildman–Crippen MR) is 62.4 cm³/mol. The quantitative estimate of drug-likeness (QED) is 0.734. The van der Waals surface area contributed by atoms with E-state index in [1.165, 1.54) is 51.7 Å². The standard InChI is InChI=1S/C12H26N2/c1-3-7-12(2,10-13)11-14-8-5-4-6-9-14/h3-11,13H2,1-2H3. The van der Waals surface area contributed by atoms with Crippen molar-refractivity contribution in [1.82, 2.24) is 4.90 Å². The van der Waals surface area contributed by atoms with E-state index in [1.807, 2.05) is 0 Å². The number of hydrogen-bond donors (Lipinski definition) is 1. The number of nitrogens with zero attached hydrogens (tertiary/aromatic N) is 1. The van der Waals surface area contributed by atoms with Crippen LogP contribution in [0.4, 0.5) is 0 Å². The molecule has 84 valence electrons. The Kier molecular flexibility index (Phi) is 4.90. The molecule has 1 fully saturated rings. The minimum Gasteiger partial charge on any atom is -0.330 e. The summed E-state index contributed by atoms with van der Waals surface area (Å²) in [5.74, 6) is 0. The van der Waals surface area contributed by atoms with Crippen LogP contribution in [0.3, 0.4) is 0 Å². The lowest BCUT2D eigenvalue weighted by atomic mass is 9.84. The molecule has 1 aliphatic rings. The van der Waals surface area contributed by atoms with Crippen LogP contribution in [0.15, 0.2) is 0 Å². The first-order chi connectivity index (χ1) is 6.70. The third-order valence-electron chi connectivity index (χ3n) is 3.40. The Balaban J connectivity index is 2.37. The number of rotatable bonds is 5. The second-order valence-corrected chi connectivity index (χ2v) is 5.10. The fourth-order valence-electron chi connectivity index (χ4n) is 2.51. The molecule has 0 bridgehead atoms. The highest BCUT2D eigenvalue weighted by Gasteiger charge is 2.25. The van der Waals surface area contributed by atoms with Gasteiger partial charge in [-0.3, -0.25) is 0 Å². The number of hydrogen-bond acceptors (Lipinski definition) is 2. The Labute approximate surface area is 88.8 Å². The van der Waals surface area contributed by atoms with Crippen LogP contribution < -0.4 is 5.73 Å². The van der Waals surface area contributed by atoms with Gasteiger partial charge < -0.3 is 10.6 Å². The zero-order valence-corrected chi connectivity index (χ0v) is 9.89. The minimum atomic E-state index is 0.353. The molecular weight excluding hydrogens is 172 g/mol. The molecule has 1 atom stereocenters. The summed E-state index contributed by atoms with van der Waals surface area (Å²) in [6.07, 6.45) is 6.70. The van der Waals surface area contributed by atoms with Crippen LogP contribution >= 0.6 is 0 Å². The first-order valence-corrected chi connectivity index (χ1v) is 6.12. The summed E-state index contributed by atoms with van der Waals surface area (Å²) in [7, 11) is 0. The van der Waals surface area contributed by atoms with E-state index in [4.69, 9.17) is 5.73 Å². The van der Waals surface area contributed by atoms with E-state index in [1.54, 1.807) is 0 Å². The zero-order valence-electron chi connectivity index (χ0n) is 9.89. The Bertz CT molecular complexity index is 152. The van der Waals surface area contributed by atoms with Gasteiger partial charge in [-0.15, -0.1) is 0 Å². The minimum absolute atomic E-state index is 0.353. The van der Waals surface area contributed by atoms with Gasteiger partial charge in [0.15, 0.2) is 0 Å². The van der Waals surface area contributed by atoms with Crippen molar-refractivity contribution < 1.29 is 0 Å². The van der Waals surface area contributed by atoms with E-state index < -0.39 is 0 Å². The van der Waals surface area contributed by atoms with Crippen LogP contribution in [0.25, 0.3) is 0 Å². The van der Waals surface area contributed by atoms with Gasteiger partial charge >= 0.3 is 0 Å². The lowest BCUT2D eigenvalue weighted by Crippen LogP contribution is -2.42. The van der Waals surface area contributed by atoms with Gasteiger partial charge in [-0.2, -0.15) is 0 Å². The van der Waals surface area contributed by atoms with Gasteiger partial charge in [0.1, 0.15) is 0 Å². The molecule has 1 rings (SSSR count). The van der Waals surface area contributed by atoms with Gasteiger partial charge in [-0.1, -0.05) is 26.7 Å². The molecule has 1 saturated heterocycles. The van der Waals surface area contributed by atoms with Crippen molar-refractivity contribution in [3.8, 4) is 0 Å². The molecule has 0 saturated carbocycles. The summed E-state index contributed by atoms with van der Waals surface area (Å²) >= 11 is 0. The van der Waals surface area contributed by atoms with Gasteiger partial charge in [0, 0.05) is 6.54 Å². The Morgan fingerprint density at radius 2 is 1.86 bits per heavy atom. The van der Waals surface area contributed by atoms with Crippen LogP contribution in [0.5, 0.6) is 0 Å². The molecule has 14 heavy (non-hydrogen) atoms. The molecule has 1 unspecified atom stereocenters. The van der Waals surface area contributed by atoms with Crippen LogP contribution in [0, 0.1) is 5.41 Å². The number of nitrogens with two attached hydrogens (primary N) is 1. The van der Waals surface area contributed by atoms with Crippen LogP contribution in [-0.4, -0.2) is 31.1 Å². The number of likely N-dealkylation sites (tertiary alicyclic amines) is 1. The van der Waals surface area contributed by atoms with Gasteiger partial charge in [0.05, 0.1) is 0 Å². The molecule has 0 aromatic carbocycles. The summed E-state index contributed by atoms with van der Waals surface area (Å²) in [5, 5.41) is 0. The molecular formula is C12H26N2. The molecule has 0 spiro atoms. The summed E-state index contributed by atoms with van der Waals surface area (Å²) in [6.45, 7) is 9.21. The molecule has 2 N–H and O–H groups in total. The monoisotopic (exact) mass is 198 g/mol. The second-order valence-electron chi connectivity index (χ2n) is 5.10. The van der Waals surface area contributed by atoms with Gasteiger partial charge in [0.2, 0.25) is 0 Å². The van der Waals surface area contributed by atoms with Crippen molar-refractivity contribution in [2.24, 2.45) is 11.1 Å². The summed E-state index contributed by atoms with van der Waals surface area (Å²) in [5.41, 5.74) is 6.24. The first kappa shape index (κ1) is 12.0. The van der Waals surface area contributed by atoms with Crippen molar-refractivity contribution in [1.29, 1.82) is 0 Å². The lowest BCUT2D eigenvalue weighted by molar-refractivity contribution is 0.137. The zero-order chi connectivity index (χ0) is 10.4. The molecule has 0 amide bonds. The van der Waals surface area contributed by atoms with E-state index in [0.29, 0.717) is 5.41 Å². The lowest BCUT2D eigenvalue weighted by Gasteiger charge is -2.36. The van der Waals surface area contributed by atoms with Gasteiger partial charge in [-0.25, -0.2) is 0 Å². The van der Waals surface area contributed by atoms with Crippen LogP contribution in [0.2, 0.25) is 0 Å². The van der Waals surface area contributed by atoms with Crippen molar-refractivity contribution in [2.75, 3.05) is 26.2 Å². The maximum absolute atomic E-state index is 5.88. The normalized spacial score (nSPS) is 23.4.